The van der Waals surface area contributed by atoms with Gasteiger partial charge in [-0.2, -0.15) is 0 Å². The molecule has 1 aliphatic carbocycles. The van der Waals surface area contributed by atoms with Gasteiger partial charge in [0.2, 0.25) is 0 Å². The van der Waals surface area contributed by atoms with Gasteiger partial charge < -0.3 is 15.9 Å². The van der Waals surface area contributed by atoms with E-state index in [0.717, 1.165) is 12.8 Å². The molecule has 4 N–H and O–H groups in total. The Kier molecular flexibility index (Phi) is 2.93. The minimum atomic E-state index is -1.02. The Hall–Kier alpha value is -0.610. The molecule has 0 aromatic rings. The summed E-state index contributed by atoms with van der Waals surface area (Å²) in [5, 5.41) is 18.6. The predicted molar refractivity (Wildman–Crippen MR) is 48.2 cm³/mol. The second-order valence-electron chi connectivity index (χ2n) is 4.07. The molecule has 13 heavy (non-hydrogen) atoms. The molecule has 3 unspecified atom stereocenters. The largest absolute Gasteiger partial charge is 0.480 e. The van der Waals surface area contributed by atoms with E-state index in [-0.39, 0.29) is 5.92 Å². The number of carbonyl (C=O) groups is 1. The second kappa shape index (κ2) is 3.64. The summed E-state index contributed by atoms with van der Waals surface area (Å²) in [6.45, 7) is 1.68. The Morgan fingerprint density at radius 1 is 1.62 bits per heavy atom. The third kappa shape index (κ3) is 2.19. The van der Waals surface area contributed by atoms with Crippen molar-refractivity contribution in [3.05, 3.63) is 0 Å². The molecular formula is C9H17NO3. The zero-order valence-corrected chi connectivity index (χ0v) is 7.86. The first kappa shape index (κ1) is 10.5. The lowest BCUT2D eigenvalue weighted by Gasteiger charge is -2.38. The van der Waals surface area contributed by atoms with Crippen LogP contribution >= 0.6 is 0 Å². The molecule has 1 fully saturated rings. The Labute approximate surface area is 77.7 Å². The van der Waals surface area contributed by atoms with Gasteiger partial charge >= 0.3 is 5.97 Å². The molecule has 1 rings (SSSR count). The zero-order valence-electron chi connectivity index (χ0n) is 7.86. The lowest BCUT2D eigenvalue weighted by atomic mass is 9.73. The highest BCUT2D eigenvalue weighted by molar-refractivity contribution is 5.73. The maximum absolute atomic E-state index is 10.7. The third-order valence-corrected chi connectivity index (χ3v) is 2.97. The molecule has 0 aliphatic heterocycles. The maximum Gasteiger partial charge on any atom is 0.320 e. The summed E-state index contributed by atoms with van der Waals surface area (Å²) in [4.78, 5) is 10.7. The van der Waals surface area contributed by atoms with E-state index in [1.807, 2.05) is 0 Å². The van der Waals surface area contributed by atoms with Crippen LogP contribution < -0.4 is 5.73 Å². The molecule has 4 nitrogen and oxygen atoms in total. The van der Waals surface area contributed by atoms with Crippen LogP contribution in [0, 0.1) is 5.92 Å². The van der Waals surface area contributed by atoms with E-state index in [1.54, 1.807) is 6.92 Å². The molecule has 76 valence electrons. The van der Waals surface area contributed by atoms with Gasteiger partial charge in [0.15, 0.2) is 0 Å². The standard InChI is InChI=1S/C9H17NO3/c1-9(13)5-3-2-4-6(9)7(10)8(11)12/h6-7,13H,2-5,10H2,1H3,(H,11,12). The van der Waals surface area contributed by atoms with Crippen molar-refractivity contribution in [2.45, 2.75) is 44.2 Å². The van der Waals surface area contributed by atoms with Gasteiger partial charge in [-0.15, -0.1) is 0 Å². The fourth-order valence-electron chi connectivity index (χ4n) is 2.08. The van der Waals surface area contributed by atoms with Gasteiger partial charge in [-0.1, -0.05) is 12.8 Å². The van der Waals surface area contributed by atoms with Crippen LogP contribution in [0.25, 0.3) is 0 Å². The Balaban J connectivity index is 2.70. The topological polar surface area (TPSA) is 83.5 Å². The van der Waals surface area contributed by atoms with E-state index >= 15 is 0 Å². The van der Waals surface area contributed by atoms with Crippen LogP contribution in [0.5, 0.6) is 0 Å². The lowest BCUT2D eigenvalue weighted by Crippen LogP contribution is -2.51. The Bertz CT molecular complexity index is 203. The van der Waals surface area contributed by atoms with E-state index in [0.29, 0.717) is 12.8 Å². The van der Waals surface area contributed by atoms with Crippen molar-refractivity contribution in [3.8, 4) is 0 Å². The van der Waals surface area contributed by atoms with Crippen LogP contribution in [-0.2, 0) is 4.79 Å². The molecule has 0 aromatic carbocycles. The van der Waals surface area contributed by atoms with E-state index in [1.165, 1.54) is 0 Å². The van der Waals surface area contributed by atoms with Gasteiger partial charge in [-0.05, 0) is 19.8 Å². The normalized spacial score (nSPS) is 37.0. The monoisotopic (exact) mass is 187 g/mol. The number of carboxylic acids is 1. The van der Waals surface area contributed by atoms with Crippen LogP contribution in [-0.4, -0.2) is 27.8 Å². The van der Waals surface area contributed by atoms with Gasteiger partial charge in [0.25, 0.3) is 0 Å². The third-order valence-electron chi connectivity index (χ3n) is 2.97. The van der Waals surface area contributed by atoms with Crippen molar-refractivity contribution in [3.63, 3.8) is 0 Å². The molecule has 4 heteroatoms. The summed E-state index contributed by atoms with van der Waals surface area (Å²) in [6.07, 6.45) is 3.27. The van der Waals surface area contributed by atoms with Crippen molar-refractivity contribution in [2.24, 2.45) is 11.7 Å². The number of carboxylic acid groups (broad SMARTS) is 1. The highest BCUT2D eigenvalue weighted by Crippen LogP contribution is 2.34. The average Bonchev–Trinajstić information content (AvgIpc) is 2.02. The van der Waals surface area contributed by atoms with Crippen molar-refractivity contribution in [2.75, 3.05) is 0 Å². The molecule has 0 heterocycles. The van der Waals surface area contributed by atoms with Crippen LogP contribution in [0.3, 0.4) is 0 Å². The molecule has 0 bridgehead atoms. The highest BCUT2D eigenvalue weighted by atomic mass is 16.4. The number of rotatable bonds is 2. The van der Waals surface area contributed by atoms with Gasteiger partial charge in [0, 0.05) is 5.92 Å². The van der Waals surface area contributed by atoms with Gasteiger partial charge in [0.05, 0.1) is 5.60 Å². The molecule has 1 saturated carbocycles. The van der Waals surface area contributed by atoms with Gasteiger partial charge in [-0.25, -0.2) is 0 Å². The molecule has 1 aliphatic rings. The van der Waals surface area contributed by atoms with E-state index in [2.05, 4.69) is 0 Å². The number of aliphatic hydroxyl groups is 1. The summed E-state index contributed by atoms with van der Waals surface area (Å²) >= 11 is 0. The zero-order chi connectivity index (χ0) is 10.1. The first-order chi connectivity index (χ1) is 5.95. The average molecular weight is 187 g/mol. The first-order valence-electron chi connectivity index (χ1n) is 4.66. The van der Waals surface area contributed by atoms with Crippen molar-refractivity contribution in [1.29, 1.82) is 0 Å². The maximum atomic E-state index is 10.7. The summed E-state index contributed by atoms with van der Waals surface area (Å²) in [5.74, 6) is -1.33. The SMILES string of the molecule is CC1(O)CCCCC1C(N)C(=O)O. The number of nitrogens with two attached hydrogens (primary N) is 1. The smallest absolute Gasteiger partial charge is 0.320 e. The van der Waals surface area contributed by atoms with Crippen LogP contribution in [0.1, 0.15) is 32.6 Å². The number of hydrogen-bond acceptors (Lipinski definition) is 3. The minimum Gasteiger partial charge on any atom is -0.480 e. The van der Waals surface area contributed by atoms with E-state index in [9.17, 15) is 9.90 Å². The summed E-state index contributed by atoms with van der Waals surface area (Å²) in [6, 6.07) is -0.935. The summed E-state index contributed by atoms with van der Waals surface area (Å²) in [5.41, 5.74) is 4.60. The van der Waals surface area contributed by atoms with Crippen molar-refractivity contribution < 1.29 is 15.0 Å². The van der Waals surface area contributed by atoms with E-state index in [4.69, 9.17) is 10.8 Å². The molecule has 0 amide bonds. The van der Waals surface area contributed by atoms with Gasteiger partial charge in [-0.3, -0.25) is 4.79 Å². The van der Waals surface area contributed by atoms with Crippen molar-refractivity contribution >= 4 is 5.97 Å². The molecule has 0 aromatic heterocycles. The Morgan fingerprint density at radius 2 is 2.23 bits per heavy atom. The Morgan fingerprint density at radius 3 is 2.69 bits per heavy atom. The lowest BCUT2D eigenvalue weighted by molar-refractivity contribution is -0.144. The van der Waals surface area contributed by atoms with Crippen molar-refractivity contribution in [1.82, 2.24) is 0 Å². The van der Waals surface area contributed by atoms with Crippen LogP contribution in [0.15, 0.2) is 0 Å². The van der Waals surface area contributed by atoms with E-state index < -0.39 is 17.6 Å². The quantitative estimate of drug-likeness (QED) is 0.582. The number of hydrogen-bond donors (Lipinski definition) is 3. The second-order valence-corrected chi connectivity index (χ2v) is 4.07. The van der Waals surface area contributed by atoms with Gasteiger partial charge in [0.1, 0.15) is 6.04 Å². The minimum absolute atomic E-state index is 0.307. The fraction of sp³-hybridized carbons (Fsp3) is 0.889. The predicted octanol–water partition coefficient (Wildman–Crippen LogP) is 0.339. The van der Waals surface area contributed by atoms with Crippen LogP contribution in [0.4, 0.5) is 0 Å². The molecule has 3 atom stereocenters. The first-order valence-corrected chi connectivity index (χ1v) is 4.66. The molecule has 0 saturated heterocycles. The summed E-state index contributed by atoms with van der Waals surface area (Å²) < 4.78 is 0. The molecule has 0 spiro atoms. The highest BCUT2D eigenvalue weighted by Gasteiger charge is 2.40. The molecular weight excluding hydrogens is 170 g/mol. The van der Waals surface area contributed by atoms with Crippen LogP contribution in [0.2, 0.25) is 0 Å². The fourth-order valence-corrected chi connectivity index (χ4v) is 2.08. The molecule has 0 radical (unpaired) electrons. The summed E-state index contributed by atoms with van der Waals surface area (Å²) in [7, 11) is 0. The number of aliphatic carboxylic acids is 1.